The molecule has 0 aromatic heterocycles. The van der Waals surface area contributed by atoms with E-state index in [4.69, 9.17) is 28.4 Å². The van der Waals surface area contributed by atoms with E-state index in [-0.39, 0.29) is 26.1 Å². The Balaban J connectivity index is 1.92. The molecule has 2 fully saturated rings. The molecule has 298 valence electrons. The Labute approximate surface area is 301 Å². The molecule has 11 unspecified atom stereocenters. The number of carbonyl (C=O) groups excluding carboxylic acids is 2. The zero-order valence-electron chi connectivity index (χ0n) is 30.3. The summed E-state index contributed by atoms with van der Waals surface area (Å²) in [6.45, 7) is 2.36. The normalized spacial score (nSPS) is 30.4. The fourth-order valence-corrected chi connectivity index (χ4v) is 5.75. The number of carbonyl (C=O) groups is 2. The number of unbranched alkanes of at least 4 members (excludes halogenated alkanes) is 10. The minimum Gasteiger partial charge on any atom is -0.462 e. The molecule has 15 nitrogen and oxygen atoms in total. The quantitative estimate of drug-likeness (QED) is 0.0379. The summed E-state index contributed by atoms with van der Waals surface area (Å²) in [7, 11) is 0. The second-order valence-electron chi connectivity index (χ2n) is 13.4. The Hall–Kier alpha value is -1.76. The van der Waals surface area contributed by atoms with Crippen molar-refractivity contribution < 1.29 is 73.8 Å². The molecule has 15 heteroatoms. The van der Waals surface area contributed by atoms with E-state index in [0.717, 1.165) is 70.6 Å². The van der Waals surface area contributed by atoms with Crippen LogP contribution in [-0.2, 0) is 38.0 Å². The van der Waals surface area contributed by atoms with Crippen molar-refractivity contribution in [3.05, 3.63) is 12.2 Å². The first-order valence-corrected chi connectivity index (χ1v) is 18.8. The summed E-state index contributed by atoms with van der Waals surface area (Å²) in [5.41, 5.74) is 0. The number of aliphatic hydroxyl groups excluding tert-OH is 7. The van der Waals surface area contributed by atoms with Gasteiger partial charge in [-0.1, -0.05) is 77.4 Å². The second kappa shape index (κ2) is 26.1. The van der Waals surface area contributed by atoms with Crippen LogP contribution < -0.4 is 0 Å². The molecule has 0 radical (unpaired) electrons. The Kier molecular flexibility index (Phi) is 23.2. The summed E-state index contributed by atoms with van der Waals surface area (Å²) in [4.78, 5) is 25.1. The lowest BCUT2D eigenvalue weighted by Crippen LogP contribution is -2.61. The lowest BCUT2D eigenvalue weighted by atomic mass is 9.98. The summed E-state index contributed by atoms with van der Waals surface area (Å²) in [5, 5.41) is 71.3. The molecular weight excluding hydrogens is 672 g/mol. The predicted molar refractivity (Wildman–Crippen MR) is 183 cm³/mol. The van der Waals surface area contributed by atoms with Crippen molar-refractivity contribution in [1.29, 1.82) is 0 Å². The van der Waals surface area contributed by atoms with Crippen LogP contribution in [0, 0.1) is 0 Å². The molecule has 0 aliphatic carbocycles. The first-order valence-electron chi connectivity index (χ1n) is 18.8. The first kappa shape index (κ1) is 45.4. The summed E-state index contributed by atoms with van der Waals surface area (Å²) in [6, 6.07) is 0. The molecule has 2 aliphatic rings. The van der Waals surface area contributed by atoms with Crippen molar-refractivity contribution in [2.75, 3.05) is 26.4 Å². The van der Waals surface area contributed by atoms with Crippen LogP contribution in [0.25, 0.3) is 0 Å². The van der Waals surface area contributed by atoms with E-state index in [1.165, 1.54) is 0 Å². The van der Waals surface area contributed by atoms with Crippen LogP contribution in [0.2, 0.25) is 0 Å². The van der Waals surface area contributed by atoms with Gasteiger partial charge in [-0.3, -0.25) is 9.59 Å². The van der Waals surface area contributed by atoms with Gasteiger partial charge in [-0.05, 0) is 32.1 Å². The van der Waals surface area contributed by atoms with Crippen LogP contribution >= 0.6 is 0 Å². The SMILES string of the molecule is CCC/C=C\CCCCCCCC(=O)OC(COC(=O)CCCCCCC)COC1OC(COC2OC(CO)C(O)C(O)C2O)C(O)C(O)C1O. The van der Waals surface area contributed by atoms with Crippen molar-refractivity contribution in [1.82, 2.24) is 0 Å². The van der Waals surface area contributed by atoms with E-state index in [2.05, 4.69) is 26.0 Å². The molecule has 0 bridgehead atoms. The minimum absolute atomic E-state index is 0.156. The molecule has 2 saturated heterocycles. The fraction of sp³-hybridized carbons (Fsp3) is 0.889. The molecule has 0 spiro atoms. The number of hydrogen-bond acceptors (Lipinski definition) is 15. The summed E-state index contributed by atoms with van der Waals surface area (Å²) in [5.74, 6) is -0.955. The monoisotopic (exact) mass is 736 g/mol. The number of aliphatic hydroxyl groups is 7. The molecule has 0 amide bonds. The summed E-state index contributed by atoms with van der Waals surface area (Å²) in [6.07, 6.45) is 0.578. The van der Waals surface area contributed by atoms with Crippen LogP contribution in [-0.4, -0.2) is 142 Å². The molecule has 51 heavy (non-hydrogen) atoms. The Bertz CT molecular complexity index is 965. The van der Waals surface area contributed by atoms with Crippen molar-refractivity contribution in [2.24, 2.45) is 0 Å². The van der Waals surface area contributed by atoms with E-state index in [1.54, 1.807) is 0 Å². The lowest BCUT2D eigenvalue weighted by Gasteiger charge is -2.42. The summed E-state index contributed by atoms with van der Waals surface area (Å²) >= 11 is 0. The molecular formula is C36H64O15. The molecule has 2 aliphatic heterocycles. The van der Waals surface area contributed by atoms with Crippen LogP contribution in [0.5, 0.6) is 0 Å². The van der Waals surface area contributed by atoms with Crippen molar-refractivity contribution in [3.8, 4) is 0 Å². The van der Waals surface area contributed by atoms with Gasteiger partial charge in [-0.2, -0.15) is 0 Å². The highest BCUT2D eigenvalue weighted by Gasteiger charge is 2.47. The molecule has 7 N–H and O–H groups in total. The number of rotatable bonds is 26. The number of allylic oxidation sites excluding steroid dienone is 2. The third-order valence-corrected chi connectivity index (χ3v) is 8.97. The zero-order chi connectivity index (χ0) is 37.6. The maximum absolute atomic E-state index is 12.7. The summed E-state index contributed by atoms with van der Waals surface area (Å²) < 4.78 is 33.1. The van der Waals surface area contributed by atoms with Gasteiger partial charge in [0, 0.05) is 12.8 Å². The van der Waals surface area contributed by atoms with Crippen LogP contribution in [0.1, 0.15) is 110 Å². The predicted octanol–water partition coefficient (Wildman–Crippen LogP) is 1.53. The molecule has 0 aromatic carbocycles. The number of hydrogen-bond donors (Lipinski definition) is 7. The van der Waals surface area contributed by atoms with Crippen molar-refractivity contribution in [2.45, 2.75) is 178 Å². The van der Waals surface area contributed by atoms with Crippen LogP contribution in [0.4, 0.5) is 0 Å². The van der Waals surface area contributed by atoms with Crippen LogP contribution in [0.3, 0.4) is 0 Å². The highest BCUT2D eigenvalue weighted by atomic mass is 16.7. The third kappa shape index (κ3) is 16.8. The first-order chi connectivity index (χ1) is 24.5. The van der Waals surface area contributed by atoms with E-state index in [9.17, 15) is 45.3 Å². The van der Waals surface area contributed by atoms with Crippen molar-refractivity contribution in [3.63, 3.8) is 0 Å². The molecule has 2 heterocycles. The Morgan fingerprint density at radius 1 is 0.608 bits per heavy atom. The van der Waals surface area contributed by atoms with Gasteiger partial charge in [0.25, 0.3) is 0 Å². The largest absolute Gasteiger partial charge is 0.462 e. The number of ether oxygens (including phenoxy) is 6. The third-order valence-electron chi connectivity index (χ3n) is 8.97. The maximum atomic E-state index is 12.7. The maximum Gasteiger partial charge on any atom is 0.306 e. The zero-order valence-corrected chi connectivity index (χ0v) is 30.3. The van der Waals surface area contributed by atoms with Gasteiger partial charge in [0.15, 0.2) is 18.7 Å². The topological polar surface area (TPSA) is 231 Å². The Morgan fingerprint density at radius 2 is 1.16 bits per heavy atom. The van der Waals surface area contributed by atoms with E-state index < -0.39 is 92.7 Å². The van der Waals surface area contributed by atoms with Gasteiger partial charge in [0.2, 0.25) is 0 Å². The van der Waals surface area contributed by atoms with Gasteiger partial charge in [0.1, 0.15) is 55.4 Å². The number of esters is 2. The van der Waals surface area contributed by atoms with Crippen LogP contribution in [0.15, 0.2) is 12.2 Å². The van der Waals surface area contributed by atoms with E-state index >= 15 is 0 Å². The highest BCUT2D eigenvalue weighted by Crippen LogP contribution is 2.26. The molecule has 0 aromatic rings. The van der Waals surface area contributed by atoms with E-state index in [0.29, 0.717) is 12.8 Å². The minimum atomic E-state index is -1.76. The van der Waals surface area contributed by atoms with Gasteiger partial charge < -0.3 is 64.2 Å². The fourth-order valence-electron chi connectivity index (χ4n) is 5.75. The molecule has 11 atom stereocenters. The van der Waals surface area contributed by atoms with E-state index in [1.807, 2.05) is 0 Å². The second-order valence-corrected chi connectivity index (χ2v) is 13.4. The molecule has 2 rings (SSSR count). The lowest BCUT2D eigenvalue weighted by molar-refractivity contribution is -0.332. The smallest absolute Gasteiger partial charge is 0.306 e. The van der Waals surface area contributed by atoms with Gasteiger partial charge >= 0.3 is 11.9 Å². The van der Waals surface area contributed by atoms with Gasteiger partial charge in [-0.25, -0.2) is 0 Å². The highest BCUT2D eigenvalue weighted by molar-refractivity contribution is 5.70. The van der Waals surface area contributed by atoms with Gasteiger partial charge in [-0.15, -0.1) is 0 Å². The Morgan fingerprint density at radius 3 is 1.80 bits per heavy atom. The standard InChI is InChI=1S/C36H64O15/c1-3-5-7-9-10-11-12-13-15-17-19-28(39)49-24(21-46-27(38)18-16-14-8-6-4-2)22-47-35-34(45)32(43)30(41)26(51-35)23-48-36-33(44)31(42)29(40)25(20-37)50-36/h7,9,24-26,29-37,40-45H,3-6,8,10-23H2,1-2H3/b9-7-. The van der Waals surface area contributed by atoms with Gasteiger partial charge in [0.05, 0.1) is 19.8 Å². The van der Waals surface area contributed by atoms with Crippen molar-refractivity contribution >= 4 is 11.9 Å². The molecule has 0 saturated carbocycles. The average Bonchev–Trinajstić information content (AvgIpc) is 3.12. The average molecular weight is 737 g/mol.